The maximum absolute atomic E-state index is 10.8. The molecule has 0 atom stereocenters. The molecule has 1 aliphatic heterocycles. The third-order valence-corrected chi connectivity index (χ3v) is 3.64. The topological polar surface area (TPSA) is 94.5 Å². The molecule has 1 aromatic carbocycles. The average Bonchev–Trinajstić information content (AvgIpc) is 2.55. The van der Waals surface area contributed by atoms with Crippen molar-refractivity contribution >= 4 is 17.2 Å². The van der Waals surface area contributed by atoms with Crippen LogP contribution in [0.1, 0.15) is 0 Å². The molecule has 1 fully saturated rings. The fraction of sp³-hybridized carbons (Fsp3) is 0.267. The number of aromatic nitrogens is 1. The standard InChI is InChI=1S/C15H16N4O3/c16-13-9-11(1-3-14(13)19(20)21)12-2-4-15(17-10-12)18-5-7-22-8-6-18/h1-4,9-10H,5-8,16H2. The summed E-state index contributed by atoms with van der Waals surface area (Å²) in [6.07, 6.45) is 1.76. The number of rotatable bonds is 3. The molecular formula is C15H16N4O3. The quantitative estimate of drug-likeness (QED) is 0.530. The molecule has 0 aliphatic carbocycles. The molecule has 114 valence electrons. The van der Waals surface area contributed by atoms with E-state index in [1.54, 1.807) is 18.3 Å². The molecule has 2 N–H and O–H groups in total. The Morgan fingerprint density at radius 1 is 1.18 bits per heavy atom. The Kier molecular flexibility index (Phi) is 3.88. The third-order valence-electron chi connectivity index (χ3n) is 3.64. The van der Waals surface area contributed by atoms with Crippen molar-refractivity contribution in [1.29, 1.82) is 0 Å². The van der Waals surface area contributed by atoms with Crippen LogP contribution in [0.3, 0.4) is 0 Å². The van der Waals surface area contributed by atoms with Crippen molar-refractivity contribution in [2.24, 2.45) is 0 Å². The number of nitro groups is 1. The van der Waals surface area contributed by atoms with Gasteiger partial charge in [-0.1, -0.05) is 0 Å². The van der Waals surface area contributed by atoms with Gasteiger partial charge in [0.1, 0.15) is 11.5 Å². The lowest BCUT2D eigenvalue weighted by Gasteiger charge is -2.27. The second-order valence-corrected chi connectivity index (χ2v) is 5.04. The number of pyridine rings is 1. The molecule has 0 bridgehead atoms. The van der Waals surface area contributed by atoms with Crippen LogP contribution in [0.2, 0.25) is 0 Å². The number of nitro benzene ring substituents is 1. The van der Waals surface area contributed by atoms with Gasteiger partial charge in [-0.05, 0) is 29.8 Å². The van der Waals surface area contributed by atoms with Crippen LogP contribution in [0.15, 0.2) is 36.5 Å². The summed E-state index contributed by atoms with van der Waals surface area (Å²) in [5.41, 5.74) is 7.48. The van der Waals surface area contributed by atoms with Crippen molar-refractivity contribution in [3.05, 3.63) is 46.6 Å². The molecule has 3 rings (SSSR count). The number of nitrogen functional groups attached to an aromatic ring is 1. The van der Waals surface area contributed by atoms with Gasteiger partial charge in [-0.2, -0.15) is 0 Å². The van der Waals surface area contributed by atoms with Gasteiger partial charge in [0.05, 0.1) is 18.1 Å². The minimum Gasteiger partial charge on any atom is -0.393 e. The predicted octanol–water partition coefficient (Wildman–Crippen LogP) is 2.08. The Morgan fingerprint density at radius 2 is 1.91 bits per heavy atom. The molecule has 22 heavy (non-hydrogen) atoms. The Balaban J connectivity index is 1.83. The molecule has 0 saturated carbocycles. The highest BCUT2D eigenvalue weighted by Crippen LogP contribution is 2.28. The zero-order valence-electron chi connectivity index (χ0n) is 11.9. The molecule has 1 aliphatic rings. The van der Waals surface area contributed by atoms with Gasteiger partial charge >= 0.3 is 0 Å². The van der Waals surface area contributed by atoms with Crippen LogP contribution in [0.5, 0.6) is 0 Å². The highest BCUT2D eigenvalue weighted by atomic mass is 16.6. The first-order valence-corrected chi connectivity index (χ1v) is 6.98. The van der Waals surface area contributed by atoms with E-state index in [1.165, 1.54) is 6.07 Å². The molecule has 7 heteroatoms. The fourth-order valence-corrected chi connectivity index (χ4v) is 2.44. The van der Waals surface area contributed by atoms with Gasteiger partial charge in [-0.15, -0.1) is 0 Å². The third kappa shape index (κ3) is 2.84. The maximum Gasteiger partial charge on any atom is 0.292 e. The first-order valence-electron chi connectivity index (χ1n) is 6.98. The zero-order chi connectivity index (χ0) is 15.5. The second kappa shape index (κ2) is 5.98. The Morgan fingerprint density at radius 3 is 2.50 bits per heavy atom. The zero-order valence-corrected chi connectivity index (χ0v) is 11.9. The highest BCUT2D eigenvalue weighted by Gasteiger charge is 2.14. The lowest BCUT2D eigenvalue weighted by Crippen LogP contribution is -2.36. The minimum absolute atomic E-state index is 0.0818. The molecule has 7 nitrogen and oxygen atoms in total. The number of anilines is 2. The normalized spacial score (nSPS) is 14.8. The summed E-state index contributed by atoms with van der Waals surface area (Å²) in [5.74, 6) is 0.905. The van der Waals surface area contributed by atoms with E-state index in [0.29, 0.717) is 13.2 Å². The number of ether oxygens (including phenoxy) is 1. The monoisotopic (exact) mass is 300 g/mol. The fourth-order valence-electron chi connectivity index (χ4n) is 2.44. The van der Waals surface area contributed by atoms with Crippen LogP contribution < -0.4 is 10.6 Å². The van der Waals surface area contributed by atoms with Crippen molar-refractivity contribution in [3.63, 3.8) is 0 Å². The number of hydrogen-bond acceptors (Lipinski definition) is 6. The smallest absolute Gasteiger partial charge is 0.292 e. The highest BCUT2D eigenvalue weighted by molar-refractivity contribution is 5.72. The molecule has 0 amide bonds. The summed E-state index contributed by atoms with van der Waals surface area (Å²) < 4.78 is 5.32. The number of hydrogen-bond donors (Lipinski definition) is 1. The van der Waals surface area contributed by atoms with Crippen molar-refractivity contribution in [3.8, 4) is 11.1 Å². The average molecular weight is 300 g/mol. The van der Waals surface area contributed by atoms with E-state index in [-0.39, 0.29) is 11.4 Å². The number of nitrogens with two attached hydrogens (primary N) is 1. The molecule has 1 aromatic heterocycles. The van der Waals surface area contributed by atoms with Crippen LogP contribution >= 0.6 is 0 Å². The number of morpholine rings is 1. The Labute approximate surface area is 127 Å². The van der Waals surface area contributed by atoms with Crippen LogP contribution in [-0.2, 0) is 4.74 Å². The lowest BCUT2D eigenvalue weighted by molar-refractivity contribution is -0.383. The van der Waals surface area contributed by atoms with Gasteiger partial charge in [0, 0.05) is 30.9 Å². The lowest BCUT2D eigenvalue weighted by atomic mass is 10.1. The van der Waals surface area contributed by atoms with Gasteiger partial charge in [0.15, 0.2) is 0 Å². The summed E-state index contributed by atoms with van der Waals surface area (Å²) in [5, 5.41) is 10.8. The first-order chi connectivity index (χ1) is 10.6. The van der Waals surface area contributed by atoms with Crippen LogP contribution in [0.25, 0.3) is 11.1 Å². The van der Waals surface area contributed by atoms with E-state index in [1.807, 2.05) is 12.1 Å². The SMILES string of the molecule is Nc1cc(-c2ccc(N3CCOCC3)nc2)ccc1[N+](=O)[O-]. The van der Waals surface area contributed by atoms with Crippen molar-refractivity contribution in [1.82, 2.24) is 4.98 Å². The van der Waals surface area contributed by atoms with Crippen LogP contribution in [0.4, 0.5) is 17.2 Å². The van der Waals surface area contributed by atoms with Crippen LogP contribution in [0, 0.1) is 10.1 Å². The van der Waals surface area contributed by atoms with Crippen molar-refractivity contribution in [2.75, 3.05) is 36.9 Å². The van der Waals surface area contributed by atoms with Crippen molar-refractivity contribution in [2.45, 2.75) is 0 Å². The molecule has 2 heterocycles. The van der Waals surface area contributed by atoms with Crippen molar-refractivity contribution < 1.29 is 9.66 Å². The Bertz CT molecular complexity index is 682. The molecule has 0 spiro atoms. The van der Waals surface area contributed by atoms with Gasteiger partial charge in [-0.25, -0.2) is 4.98 Å². The van der Waals surface area contributed by atoms with E-state index in [0.717, 1.165) is 30.0 Å². The van der Waals surface area contributed by atoms with Gasteiger partial charge in [0.25, 0.3) is 5.69 Å². The molecule has 0 unspecified atom stereocenters. The molecule has 1 saturated heterocycles. The van der Waals surface area contributed by atoms with E-state index < -0.39 is 4.92 Å². The Hall–Kier alpha value is -2.67. The summed E-state index contributed by atoms with van der Waals surface area (Å²) in [4.78, 5) is 16.9. The van der Waals surface area contributed by atoms with E-state index in [2.05, 4.69) is 9.88 Å². The molecule has 2 aromatic rings. The van der Waals surface area contributed by atoms with Gasteiger partial charge < -0.3 is 15.4 Å². The first kappa shape index (κ1) is 14.3. The second-order valence-electron chi connectivity index (χ2n) is 5.04. The summed E-state index contributed by atoms with van der Waals surface area (Å²) >= 11 is 0. The van der Waals surface area contributed by atoms with Crippen LogP contribution in [-0.4, -0.2) is 36.2 Å². The van der Waals surface area contributed by atoms with Gasteiger partial charge in [0.2, 0.25) is 0 Å². The molecular weight excluding hydrogens is 284 g/mol. The minimum atomic E-state index is -0.487. The summed E-state index contributed by atoms with van der Waals surface area (Å²) in [6, 6.07) is 8.58. The van der Waals surface area contributed by atoms with E-state index in [4.69, 9.17) is 10.5 Å². The largest absolute Gasteiger partial charge is 0.393 e. The number of nitrogens with zero attached hydrogens (tertiary/aromatic N) is 3. The van der Waals surface area contributed by atoms with E-state index in [9.17, 15) is 10.1 Å². The maximum atomic E-state index is 10.8. The summed E-state index contributed by atoms with van der Waals surface area (Å²) in [6.45, 7) is 3.08. The molecule has 0 radical (unpaired) electrons. The predicted molar refractivity (Wildman–Crippen MR) is 83.8 cm³/mol. The van der Waals surface area contributed by atoms with Gasteiger partial charge in [-0.3, -0.25) is 10.1 Å². The number of benzene rings is 1. The van der Waals surface area contributed by atoms with E-state index >= 15 is 0 Å². The summed E-state index contributed by atoms with van der Waals surface area (Å²) in [7, 11) is 0.